The molecule has 0 unspecified atom stereocenters. The summed E-state index contributed by atoms with van der Waals surface area (Å²) >= 11 is 0. The summed E-state index contributed by atoms with van der Waals surface area (Å²) in [6.45, 7) is 1.37. The maximum Gasteiger partial charge on any atom is 0.254 e. The first-order valence-corrected chi connectivity index (χ1v) is 9.89. The summed E-state index contributed by atoms with van der Waals surface area (Å²) < 4.78 is 5.16. The van der Waals surface area contributed by atoms with Gasteiger partial charge in [-0.3, -0.25) is 4.79 Å². The van der Waals surface area contributed by atoms with Gasteiger partial charge in [0.25, 0.3) is 5.91 Å². The van der Waals surface area contributed by atoms with Gasteiger partial charge >= 0.3 is 0 Å². The second kappa shape index (κ2) is 10.4. The zero-order valence-electron chi connectivity index (χ0n) is 16.4. The van der Waals surface area contributed by atoms with Crippen LogP contribution in [0.4, 0.5) is 5.95 Å². The molecule has 2 N–H and O–H groups in total. The lowest BCUT2D eigenvalue weighted by Crippen LogP contribution is -2.25. The maximum atomic E-state index is 12.2. The number of methoxy groups -OCH3 is 1. The second-order valence-corrected chi connectivity index (χ2v) is 6.93. The third-order valence-electron chi connectivity index (χ3n) is 4.89. The van der Waals surface area contributed by atoms with E-state index in [1.54, 1.807) is 19.5 Å². The van der Waals surface area contributed by atoms with Crippen LogP contribution >= 0.6 is 0 Å². The van der Waals surface area contributed by atoms with Crippen molar-refractivity contribution in [2.75, 3.05) is 25.5 Å². The van der Waals surface area contributed by atoms with Gasteiger partial charge in [-0.2, -0.15) is 0 Å². The van der Waals surface area contributed by atoms with Gasteiger partial charge in [0.2, 0.25) is 5.95 Å². The molecule has 0 spiro atoms. The predicted octanol–water partition coefficient (Wildman–Crippen LogP) is 3.76. The SMILES string of the molecule is COc1ccc(CCNc2ncc(C(=O)NCCC3=CCCCC3)cn2)cc1. The van der Waals surface area contributed by atoms with E-state index in [1.165, 1.54) is 30.4 Å². The number of nitrogens with zero attached hydrogens (tertiary/aromatic N) is 2. The number of carbonyl (C=O) groups is 1. The van der Waals surface area contributed by atoms with E-state index in [0.29, 0.717) is 24.6 Å². The Morgan fingerprint density at radius 3 is 2.54 bits per heavy atom. The highest BCUT2D eigenvalue weighted by Crippen LogP contribution is 2.19. The van der Waals surface area contributed by atoms with E-state index in [0.717, 1.165) is 25.0 Å². The van der Waals surface area contributed by atoms with Crippen LogP contribution in [0.1, 0.15) is 48.0 Å². The first-order chi connectivity index (χ1) is 13.7. The van der Waals surface area contributed by atoms with Crippen LogP contribution in [0.3, 0.4) is 0 Å². The van der Waals surface area contributed by atoms with Gasteiger partial charge in [-0.15, -0.1) is 0 Å². The van der Waals surface area contributed by atoms with Crippen LogP contribution in [0.2, 0.25) is 0 Å². The van der Waals surface area contributed by atoms with Crippen molar-refractivity contribution in [2.45, 2.75) is 38.5 Å². The molecule has 1 aliphatic rings. The smallest absolute Gasteiger partial charge is 0.254 e. The summed E-state index contributed by atoms with van der Waals surface area (Å²) in [4.78, 5) is 20.7. The molecule has 0 saturated carbocycles. The number of anilines is 1. The number of benzene rings is 1. The summed E-state index contributed by atoms with van der Waals surface area (Å²) in [7, 11) is 1.66. The normalized spacial score (nSPS) is 13.5. The summed E-state index contributed by atoms with van der Waals surface area (Å²) in [6.07, 6.45) is 12.1. The van der Waals surface area contributed by atoms with Crippen LogP contribution in [0.25, 0.3) is 0 Å². The molecule has 1 aromatic heterocycles. The van der Waals surface area contributed by atoms with Gasteiger partial charge in [0.15, 0.2) is 0 Å². The lowest BCUT2D eigenvalue weighted by molar-refractivity contribution is 0.0953. The molecule has 28 heavy (non-hydrogen) atoms. The van der Waals surface area contributed by atoms with E-state index in [-0.39, 0.29) is 5.91 Å². The molecule has 0 atom stereocenters. The molecule has 0 bridgehead atoms. The van der Waals surface area contributed by atoms with Crippen molar-refractivity contribution >= 4 is 11.9 Å². The van der Waals surface area contributed by atoms with Crippen LogP contribution in [0, 0.1) is 0 Å². The molecule has 0 aliphatic heterocycles. The Morgan fingerprint density at radius 1 is 1.07 bits per heavy atom. The summed E-state index contributed by atoms with van der Waals surface area (Å²) in [5.74, 6) is 1.25. The van der Waals surface area contributed by atoms with Gasteiger partial charge in [0.05, 0.1) is 12.7 Å². The van der Waals surface area contributed by atoms with Crippen molar-refractivity contribution in [1.82, 2.24) is 15.3 Å². The topological polar surface area (TPSA) is 76.1 Å². The molecule has 6 heteroatoms. The monoisotopic (exact) mass is 380 g/mol. The number of aromatic nitrogens is 2. The Morgan fingerprint density at radius 2 is 1.86 bits per heavy atom. The Balaban J connectivity index is 1.39. The number of amides is 1. The molecule has 0 saturated heterocycles. The molecule has 0 radical (unpaired) electrons. The van der Waals surface area contributed by atoms with E-state index in [1.807, 2.05) is 24.3 Å². The van der Waals surface area contributed by atoms with Crippen LogP contribution in [0.15, 0.2) is 48.3 Å². The highest BCUT2D eigenvalue weighted by atomic mass is 16.5. The molecule has 2 aromatic rings. The first kappa shape index (κ1) is 19.9. The average molecular weight is 380 g/mol. The Bertz CT molecular complexity index is 785. The van der Waals surface area contributed by atoms with Crippen molar-refractivity contribution in [3.63, 3.8) is 0 Å². The van der Waals surface area contributed by atoms with E-state index >= 15 is 0 Å². The second-order valence-electron chi connectivity index (χ2n) is 6.93. The lowest BCUT2D eigenvalue weighted by Gasteiger charge is -2.13. The van der Waals surface area contributed by atoms with Gasteiger partial charge in [-0.05, 0) is 56.2 Å². The van der Waals surface area contributed by atoms with Gasteiger partial charge in [0, 0.05) is 25.5 Å². The fourth-order valence-corrected chi connectivity index (χ4v) is 3.22. The Kier molecular flexibility index (Phi) is 7.41. The molecule has 1 amide bonds. The number of nitrogens with one attached hydrogen (secondary N) is 2. The molecule has 3 rings (SSSR count). The molecular formula is C22H28N4O2. The third-order valence-corrected chi connectivity index (χ3v) is 4.89. The highest BCUT2D eigenvalue weighted by Gasteiger charge is 2.08. The minimum Gasteiger partial charge on any atom is -0.497 e. The van der Waals surface area contributed by atoms with Gasteiger partial charge < -0.3 is 15.4 Å². The largest absolute Gasteiger partial charge is 0.497 e. The fourth-order valence-electron chi connectivity index (χ4n) is 3.22. The fraction of sp³-hybridized carbons (Fsp3) is 0.409. The summed E-state index contributed by atoms with van der Waals surface area (Å²) in [6, 6.07) is 7.98. The van der Waals surface area contributed by atoms with Crippen LogP contribution in [0.5, 0.6) is 5.75 Å². The number of rotatable bonds is 9. The molecule has 148 valence electrons. The summed E-state index contributed by atoms with van der Waals surface area (Å²) in [5.41, 5.74) is 3.15. The van der Waals surface area contributed by atoms with Gasteiger partial charge in [-0.1, -0.05) is 23.8 Å². The molecule has 0 fully saturated rings. The number of carbonyl (C=O) groups excluding carboxylic acids is 1. The van der Waals surface area contributed by atoms with Crippen LogP contribution in [-0.2, 0) is 6.42 Å². The van der Waals surface area contributed by atoms with Crippen LogP contribution in [-0.4, -0.2) is 36.1 Å². The van der Waals surface area contributed by atoms with E-state index < -0.39 is 0 Å². The van der Waals surface area contributed by atoms with Crippen LogP contribution < -0.4 is 15.4 Å². The quantitative estimate of drug-likeness (QED) is 0.648. The van der Waals surface area contributed by atoms with Crippen molar-refractivity contribution in [3.8, 4) is 5.75 Å². The average Bonchev–Trinajstić information content (AvgIpc) is 2.75. The summed E-state index contributed by atoms with van der Waals surface area (Å²) in [5, 5.41) is 6.13. The van der Waals surface area contributed by atoms with Crippen molar-refractivity contribution in [3.05, 3.63) is 59.4 Å². The maximum absolute atomic E-state index is 12.2. The Labute approximate surface area is 166 Å². The molecular weight excluding hydrogens is 352 g/mol. The van der Waals surface area contributed by atoms with E-state index in [4.69, 9.17) is 4.74 Å². The number of allylic oxidation sites excluding steroid dienone is 1. The predicted molar refractivity (Wildman–Crippen MR) is 111 cm³/mol. The highest BCUT2D eigenvalue weighted by molar-refractivity contribution is 5.93. The first-order valence-electron chi connectivity index (χ1n) is 9.89. The number of ether oxygens (including phenoxy) is 1. The standard InChI is InChI=1S/C22H28N4O2/c1-28-20-9-7-18(8-10-20)12-14-24-22-25-15-19(16-26-22)21(27)23-13-11-17-5-3-2-4-6-17/h5,7-10,15-16H,2-4,6,11-14H2,1H3,(H,23,27)(H,24,25,26). The lowest BCUT2D eigenvalue weighted by atomic mass is 9.97. The van der Waals surface area contributed by atoms with Gasteiger partial charge in [0.1, 0.15) is 5.75 Å². The number of hydrogen-bond donors (Lipinski definition) is 2. The van der Waals surface area contributed by atoms with Gasteiger partial charge in [-0.25, -0.2) is 9.97 Å². The zero-order chi connectivity index (χ0) is 19.6. The minimum atomic E-state index is -0.124. The molecule has 1 heterocycles. The van der Waals surface area contributed by atoms with Crippen molar-refractivity contribution in [2.24, 2.45) is 0 Å². The zero-order valence-corrected chi connectivity index (χ0v) is 16.4. The minimum absolute atomic E-state index is 0.124. The van der Waals surface area contributed by atoms with Crippen molar-refractivity contribution < 1.29 is 9.53 Å². The molecule has 6 nitrogen and oxygen atoms in total. The van der Waals surface area contributed by atoms with Crippen molar-refractivity contribution in [1.29, 1.82) is 0 Å². The van der Waals surface area contributed by atoms with E-state index in [2.05, 4.69) is 26.7 Å². The Hall–Kier alpha value is -2.89. The third kappa shape index (κ3) is 6.08. The molecule has 1 aromatic carbocycles. The number of hydrogen-bond acceptors (Lipinski definition) is 5. The van der Waals surface area contributed by atoms with E-state index in [9.17, 15) is 4.79 Å². The molecule has 1 aliphatic carbocycles.